The van der Waals surface area contributed by atoms with Crippen LogP contribution in [0.2, 0.25) is 0 Å². The fourth-order valence-electron chi connectivity index (χ4n) is 0.887. The van der Waals surface area contributed by atoms with Crippen LogP contribution in [0.1, 0.15) is 11.7 Å². The minimum atomic E-state index is -1.17. The third-order valence-corrected chi connectivity index (χ3v) is 1.96. The smallest absolute Gasteiger partial charge is 0.249 e. The molecule has 0 heterocycles. The fraction of sp³-hybridized carbons (Fsp3) is 0.222. The van der Waals surface area contributed by atoms with E-state index in [-0.39, 0.29) is 6.54 Å². The largest absolute Gasteiger partial charge is 0.313 e. The van der Waals surface area contributed by atoms with Crippen LogP contribution in [0.15, 0.2) is 28.7 Å². The van der Waals surface area contributed by atoms with Gasteiger partial charge in [-0.05, 0) is 17.7 Å². The molecule has 1 aromatic carbocycles. The predicted molar refractivity (Wildman–Crippen MR) is 49.5 cm³/mol. The van der Waals surface area contributed by atoms with Crippen molar-refractivity contribution in [2.45, 2.75) is 6.17 Å². The van der Waals surface area contributed by atoms with E-state index in [4.69, 9.17) is 6.57 Å². The molecule has 0 aliphatic rings. The normalized spacial score (nSPS) is 12.1. The van der Waals surface area contributed by atoms with Crippen molar-refractivity contribution in [3.63, 3.8) is 0 Å². The van der Waals surface area contributed by atoms with Crippen molar-refractivity contribution in [2.75, 3.05) is 6.54 Å². The molecule has 0 radical (unpaired) electrons. The first-order valence-corrected chi connectivity index (χ1v) is 4.26. The highest BCUT2D eigenvalue weighted by atomic mass is 79.9. The van der Waals surface area contributed by atoms with Crippen molar-refractivity contribution in [2.24, 2.45) is 0 Å². The number of alkyl halides is 1. The lowest BCUT2D eigenvalue weighted by Crippen LogP contribution is -1.93. The van der Waals surface area contributed by atoms with Crippen LogP contribution in [0.5, 0.6) is 0 Å². The molecule has 1 unspecified atom stereocenters. The zero-order valence-electron chi connectivity index (χ0n) is 6.30. The van der Waals surface area contributed by atoms with Gasteiger partial charge in [-0.15, -0.1) is 0 Å². The predicted octanol–water partition coefficient (Wildman–Crippen LogP) is 3.38. The molecule has 1 aromatic rings. The standard InChI is InChI=1S/C9H7BrFN/c1-12-6-9(11)7-3-2-4-8(10)5-7/h2-5,9H,6H2. The van der Waals surface area contributed by atoms with E-state index >= 15 is 0 Å². The van der Waals surface area contributed by atoms with E-state index in [0.717, 1.165) is 4.47 Å². The molecule has 12 heavy (non-hydrogen) atoms. The summed E-state index contributed by atoms with van der Waals surface area (Å²) >= 11 is 3.24. The second-order valence-corrected chi connectivity index (χ2v) is 3.28. The monoisotopic (exact) mass is 227 g/mol. The molecule has 0 saturated carbocycles. The maximum absolute atomic E-state index is 13.1. The third kappa shape index (κ3) is 2.31. The van der Waals surface area contributed by atoms with Gasteiger partial charge in [0.25, 0.3) is 0 Å². The third-order valence-electron chi connectivity index (χ3n) is 1.46. The highest BCUT2D eigenvalue weighted by Gasteiger charge is 2.11. The minimum absolute atomic E-state index is 0.101. The molecule has 0 aliphatic heterocycles. The van der Waals surface area contributed by atoms with E-state index in [1.165, 1.54) is 0 Å². The minimum Gasteiger partial charge on any atom is -0.313 e. The van der Waals surface area contributed by atoms with E-state index < -0.39 is 6.17 Å². The van der Waals surface area contributed by atoms with Crippen LogP contribution >= 0.6 is 15.9 Å². The van der Waals surface area contributed by atoms with Gasteiger partial charge in [0.05, 0.1) is 0 Å². The second kappa shape index (κ2) is 4.22. The highest BCUT2D eigenvalue weighted by Crippen LogP contribution is 2.21. The molecule has 0 N–H and O–H groups in total. The van der Waals surface area contributed by atoms with Gasteiger partial charge in [-0.25, -0.2) is 11.0 Å². The number of halogens is 2. The zero-order valence-corrected chi connectivity index (χ0v) is 7.88. The Hall–Kier alpha value is -0.880. The Morgan fingerprint density at radius 2 is 2.33 bits per heavy atom. The maximum atomic E-state index is 13.1. The molecular weight excluding hydrogens is 221 g/mol. The number of rotatable bonds is 2. The lowest BCUT2D eigenvalue weighted by Gasteiger charge is -2.01. The molecule has 0 amide bonds. The molecule has 0 spiro atoms. The van der Waals surface area contributed by atoms with Gasteiger partial charge in [-0.3, -0.25) is 0 Å². The molecule has 0 aromatic heterocycles. The summed E-state index contributed by atoms with van der Waals surface area (Å²) in [5.41, 5.74) is 0.556. The molecule has 1 rings (SSSR count). The average molecular weight is 228 g/mol. The first-order valence-electron chi connectivity index (χ1n) is 3.47. The van der Waals surface area contributed by atoms with Gasteiger partial charge < -0.3 is 4.85 Å². The molecule has 0 fully saturated rings. The van der Waals surface area contributed by atoms with Gasteiger partial charge in [-0.2, -0.15) is 0 Å². The summed E-state index contributed by atoms with van der Waals surface area (Å²) in [5.74, 6) is 0. The number of nitrogens with zero attached hydrogens (tertiary/aromatic N) is 1. The summed E-state index contributed by atoms with van der Waals surface area (Å²) < 4.78 is 13.9. The maximum Gasteiger partial charge on any atom is 0.249 e. The first kappa shape index (κ1) is 9.21. The zero-order chi connectivity index (χ0) is 8.97. The molecule has 0 saturated heterocycles. The van der Waals surface area contributed by atoms with Gasteiger partial charge >= 0.3 is 0 Å². The Balaban J connectivity index is 2.82. The average Bonchev–Trinajstić information content (AvgIpc) is 2.05. The lowest BCUT2D eigenvalue weighted by atomic mass is 10.1. The van der Waals surface area contributed by atoms with E-state index in [1.54, 1.807) is 18.2 Å². The Morgan fingerprint density at radius 3 is 2.92 bits per heavy atom. The van der Waals surface area contributed by atoms with Gasteiger partial charge in [0.2, 0.25) is 6.54 Å². The van der Waals surface area contributed by atoms with Crippen molar-refractivity contribution in [1.29, 1.82) is 0 Å². The molecule has 62 valence electrons. The van der Waals surface area contributed by atoms with Crippen molar-refractivity contribution in [3.05, 3.63) is 45.7 Å². The lowest BCUT2D eigenvalue weighted by molar-refractivity contribution is 0.367. The van der Waals surface area contributed by atoms with Crippen LogP contribution in [-0.4, -0.2) is 6.54 Å². The van der Waals surface area contributed by atoms with Gasteiger partial charge in [-0.1, -0.05) is 28.1 Å². The summed E-state index contributed by atoms with van der Waals surface area (Å²) in [7, 11) is 0. The molecule has 1 atom stereocenters. The highest BCUT2D eigenvalue weighted by molar-refractivity contribution is 9.10. The van der Waals surface area contributed by atoms with Crippen molar-refractivity contribution >= 4 is 15.9 Å². The number of benzene rings is 1. The Morgan fingerprint density at radius 1 is 1.58 bits per heavy atom. The van der Waals surface area contributed by atoms with Crippen LogP contribution in [0.25, 0.3) is 4.85 Å². The second-order valence-electron chi connectivity index (χ2n) is 2.36. The van der Waals surface area contributed by atoms with Gasteiger partial charge in [0.1, 0.15) is 0 Å². The molecule has 0 bridgehead atoms. The molecule has 0 aliphatic carbocycles. The van der Waals surface area contributed by atoms with E-state index in [2.05, 4.69) is 20.8 Å². The van der Waals surface area contributed by atoms with Crippen molar-refractivity contribution in [1.82, 2.24) is 0 Å². The first-order chi connectivity index (χ1) is 5.74. The van der Waals surface area contributed by atoms with E-state index in [1.807, 2.05) is 6.07 Å². The Bertz CT molecular complexity index is 306. The van der Waals surface area contributed by atoms with Crippen LogP contribution in [0, 0.1) is 6.57 Å². The topological polar surface area (TPSA) is 4.36 Å². The Labute approximate surface area is 79.2 Å². The summed E-state index contributed by atoms with van der Waals surface area (Å²) in [5, 5.41) is 0. The molecule has 1 nitrogen and oxygen atoms in total. The van der Waals surface area contributed by atoms with Crippen LogP contribution in [-0.2, 0) is 0 Å². The van der Waals surface area contributed by atoms with Gasteiger partial charge in [0, 0.05) is 4.47 Å². The summed E-state index contributed by atoms with van der Waals surface area (Å²) in [6.45, 7) is 6.41. The van der Waals surface area contributed by atoms with E-state index in [0.29, 0.717) is 5.56 Å². The molecule has 3 heteroatoms. The summed E-state index contributed by atoms with van der Waals surface area (Å²) in [4.78, 5) is 3.00. The number of hydrogen-bond acceptors (Lipinski definition) is 0. The van der Waals surface area contributed by atoms with Crippen molar-refractivity contribution < 1.29 is 4.39 Å². The van der Waals surface area contributed by atoms with Gasteiger partial charge in [0.15, 0.2) is 6.17 Å². The SMILES string of the molecule is [C-]#[N+]CC(F)c1cccc(Br)c1. The van der Waals surface area contributed by atoms with E-state index in [9.17, 15) is 4.39 Å². The fourth-order valence-corrected chi connectivity index (χ4v) is 1.30. The Kier molecular flexibility index (Phi) is 3.24. The number of hydrogen-bond donors (Lipinski definition) is 0. The summed E-state index contributed by atoms with van der Waals surface area (Å²) in [6.07, 6.45) is -1.17. The van der Waals surface area contributed by atoms with Crippen LogP contribution < -0.4 is 0 Å². The quantitative estimate of drug-likeness (QED) is 0.683. The van der Waals surface area contributed by atoms with Crippen LogP contribution in [0.4, 0.5) is 4.39 Å². The van der Waals surface area contributed by atoms with Crippen LogP contribution in [0.3, 0.4) is 0 Å². The summed E-state index contributed by atoms with van der Waals surface area (Å²) in [6, 6.07) is 6.96. The van der Waals surface area contributed by atoms with Crippen molar-refractivity contribution in [3.8, 4) is 0 Å². The molecular formula is C9H7BrFN.